The average molecular weight is 357 g/mol. The summed E-state index contributed by atoms with van der Waals surface area (Å²) in [4.78, 5) is 15.7. The first kappa shape index (κ1) is 18.0. The standard InChI is InChI=1S/C22H31NO3/c1-23-18-12-13-19(23)15-20(14-18)26-21(24)22(25,16-8-4-2-5-9-16)17-10-6-3-7-11-17/h2,4-5,8-9,17-20,25H,3,6-7,10-15H2,1H3/t18-,19+,20?,22?. The molecule has 2 aliphatic heterocycles. The zero-order valence-corrected chi connectivity index (χ0v) is 15.8. The molecule has 2 heterocycles. The zero-order chi connectivity index (χ0) is 18.1. The molecule has 1 aromatic rings. The van der Waals surface area contributed by atoms with E-state index in [-0.39, 0.29) is 12.0 Å². The smallest absolute Gasteiger partial charge is 0.343 e. The van der Waals surface area contributed by atoms with Crippen molar-refractivity contribution in [1.82, 2.24) is 4.90 Å². The van der Waals surface area contributed by atoms with Crippen LogP contribution in [0.25, 0.3) is 0 Å². The van der Waals surface area contributed by atoms with E-state index in [0.29, 0.717) is 17.6 Å². The van der Waals surface area contributed by atoms with Gasteiger partial charge in [0.05, 0.1) is 0 Å². The summed E-state index contributed by atoms with van der Waals surface area (Å²) >= 11 is 0. The maximum Gasteiger partial charge on any atom is 0.343 e. The van der Waals surface area contributed by atoms with Gasteiger partial charge >= 0.3 is 5.97 Å². The Balaban J connectivity index is 1.55. The molecule has 3 aliphatic rings. The molecule has 3 fully saturated rings. The maximum absolute atomic E-state index is 13.3. The summed E-state index contributed by atoms with van der Waals surface area (Å²) in [6.45, 7) is 0. The number of fused-ring (bicyclic) bond motifs is 2. The van der Waals surface area contributed by atoms with Crippen molar-refractivity contribution in [2.45, 2.75) is 81.6 Å². The molecular weight excluding hydrogens is 326 g/mol. The number of nitrogens with zero attached hydrogens (tertiary/aromatic N) is 1. The zero-order valence-electron chi connectivity index (χ0n) is 15.8. The summed E-state index contributed by atoms with van der Waals surface area (Å²) in [6.07, 6.45) is 9.24. The Kier molecular flexibility index (Phi) is 5.07. The van der Waals surface area contributed by atoms with Crippen molar-refractivity contribution in [2.75, 3.05) is 7.05 Å². The number of aliphatic hydroxyl groups is 1. The minimum atomic E-state index is -1.51. The molecule has 2 unspecified atom stereocenters. The van der Waals surface area contributed by atoms with E-state index in [1.165, 1.54) is 19.3 Å². The van der Waals surface area contributed by atoms with Gasteiger partial charge in [0.2, 0.25) is 0 Å². The molecule has 1 aliphatic carbocycles. The van der Waals surface area contributed by atoms with E-state index in [1.807, 2.05) is 30.3 Å². The minimum Gasteiger partial charge on any atom is -0.460 e. The van der Waals surface area contributed by atoms with E-state index >= 15 is 0 Å². The fourth-order valence-corrected chi connectivity index (χ4v) is 5.43. The molecule has 0 spiro atoms. The van der Waals surface area contributed by atoms with Crippen LogP contribution in [0.1, 0.15) is 63.4 Å². The van der Waals surface area contributed by atoms with Gasteiger partial charge in [0, 0.05) is 18.0 Å². The van der Waals surface area contributed by atoms with E-state index < -0.39 is 11.6 Å². The van der Waals surface area contributed by atoms with Crippen molar-refractivity contribution in [2.24, 2.45) is 5.92 Å². The monoisotopic (exact) mass is 357 g/mol. The number of esters is 1. The number of benzene rings is 1. The van der Waals surface area contributed by atoms with Gasteiger partial charge in [-0.1, -0.05) is 49.6 Å². The predicted molar refractivity (Wildman–Crippen MR) is 101 cm³/mol. The third kappa shape index (κ3) is 3.18. The van der Waals surface area contributed by atoms with Gasteiger partial charge in [-0.25, -0.2) is 4.79 Å². The van der Waals surface area contributed by atoms with Crippen LogP contribution in [0.4, 0.5) is 0 Å². The fraction of sp³-hybridized carbons (Fsp3) is 0.682. The van der Waals surface area contributed by atoms with Crippen LogP contribution in [0.2, 0.25) is 0 Å². The number of hydrogen-bond acceptors (Lipinski definition) is 4. The van der Waals surface area contributed by atoms with Gasteiger partial charge in [0.15, 0.2) is 5.60 Å². The molecule has 2 bridgehead atoms. The van der Waals surface area contributed by atoms with Crippen molar-refractivity contribution in [3.8, 4) is 0 Å². The number of carbonyl (C=O) groups excluding carboxylic acids is 1. The second kappa shape index (κ2) is 7.32. The number of ether oxygens (including phenoxy) is 1. The van der Waals surface area contributed by atoms with Gasteiger partial charge in [-0.3, -0.25) is 0 Å². The molecule has 4 rings (SSSR count). The number of piperidine rings is 1. The third-order valence-electron chi connectivity index (χ3n) is 7.05. The normalized spacial score (nSPS) is 32.2. The lowest BCUT2D eigenvalue weighted by Gasteiger charge is -2.40. The molecule has 1 N–H and O–H groups in total. The van der Waals surface area contributed by atoms with Crippen LogP contribution < -0.4 is 0 Å². The summed E-state index contributed by atoms with van der Waals surface area (Å²) in [5.74, 6) is -0.473. The van der Waals surface area contributed by atoms with Crippen LogP contribution in [0.15, 0.2) is 30.3 Å². The summed E-state index contributed by atoms with van der Waals surface area (Å²) in [5, 5.41) is 11.6. The lowest BCUT2D eigenvalue weighted by molar-refractivity contribution is -0.184. The Hall–Kier alpha value is -1.39. The average Bonchev–Trinajstić information content (AvgIpc) is 2.89. The van der Waals surface area contributed by atoms with Crippen molar-refractivity contribution >= 4 is 5.97 Å². The van der Waals surface area contributed by atoms with Crippen LogP contribution in [0, 0.1) is 5.92 Å². The highest BCUT2D eigenvalue weighted by Gasteiger charge is 2.49. The van der Waals surface area contributed by atoms with Crippen molar-refractivity contribution in [1.29, 1.82) is 0 Å². The van der Waals surface area contributed by atoms with Gasteiger partial charge in [0.25, 0.3) is 0 Å². The van der Waals surface area contributed by atoms with Gasteiger partial charge in [0.1, 0.15) is 6.10 Å². The van der Waals surface area contributed by atoms with Crippen molar-refractivity contribution in [3.63, 3.8) is 0 Å². The molecule has 0 amide bonds. The van der Waals surface area contributed by atoms with Crippen LogP contribution in [-0.4, -0.2) is 41.2 Å². The third-order valence-corrected chi connectivity index (χ3v) is 7.05. The Labute approximate surface area is 156 Å². The lowest BCUT2D eigenvalue weighted by Crippen LogP contribution is -2.49. The number of carbonyl (C=O) groups is 1. The molecular formula is C22H31NO3. The highest BCUT2D eigenvalue weighted by Crippen LogP contribution is 2.42. The van der Waals surface area contributed by atoms with Gasteiger partial charge in [-0.05, 0) is 51.1 Å². The summed E-state index contributed by atoms with van der Waals surface area (Å²) in [6, 6.07) is 10.5. The number of rotatable bonds is 4. The predicted octanol–water partition coefficient (Wildman–Crippen LogP) is 3.62. The first-order chi connectivity index (χ1) is 12.6. The molecule has 142 valence electrons. The van der Waals surface area contributed by atoms with Gasteiger partial charge in [-0.15, -0.1) is 0 Å². The number of hydrogen-bond donors (Lipinski definition) is 1. The van der Waals surface area contributed by atoms with Crippen LogP contribution >= 0.6 is 0 Å². The molecule has 1 aromatic carbocycles. The van der Waals surface area contributed by atoms with E-state index in [4.69, 9.17) is 4.74 Å². The molecule has 4 nitrogen and oxygen atoms in total. The Bertz CT molecular complexity index is 614. The molecule has 26 heavy (non-hydrogen) atoms. The topological polar surface area (TPSA) is 49.8 Å². The second-order valence-electron chi connectivity index (χ2n) is 8.52. The van der Waals surface area contributed by atoms with Crippen LogP contribution in [0.3, 0.4) is 0 Å². The van der Waals surface area contributed by atoms with E-state index in [9.17, 15) is 9.90 Å². The van der Waals surface area contributed by atoms with Crippen LogP contribution in [-0.2, 0) is 15.1 Å². The first-order valence-electron chi connectivity index (χ1n) is 10.3. The van der Waals surface area contributed by atoms with Gasteiger partial charge in [-0.2, -0.15) is 0 Å². The summed E-state index contributed by atoms with van der Waals surface area (Å²) in [7, 11) is 2.18. The Morgan fingerprint density at radius 3 is 2.27 bits per heavy atom. The molecule has 4 heteroatoms. The highest BCUT2D eigenvalue weighted by molar-refractivity contribution is 5.81. The Morgan fingerprint density at radius 1 is 1.04 bits per heavy atom. The van der Waals surface area contributed by atoms with Crippen molar-refractivity contribution in [3.05, 3.63) is 35.9 Å². The van der Waals surface area contributed by atoms with E-state index in [0.717, 1.165) is 38.5 Å². The highest BCUT2D eigenvalue weighted by atomic mass is 16.6. The van der Waals surface area contributed by atoms with Crippen molar-refractivity contribution < 1.29 is 14.6 Å². The Morgan fingerprint density at radius 2 is 1.65 bits per heavy atom. The largest absolute Gasteiger partial charge is 0.460 e. The maximum atomic E-state index is 13.3. The summed E-state index contributed by atoms with van der Waals surface area (Å²) < 4.78 is 5.98. The molecule has 0 radical (unpaired) electrons. The second-order valence-corrected chi connectivity index (χ2v) is 8.52. The lowest BCUT2D eigenvalue weighted by atomic mass is 9.73. The minimum absolute atomic E-state index is 0.0471. The SMILES string of the molecule is CN1[C@@H]2CC[C@H]1CC(OC(=O)C(O)(c1ccccc1)C1CCCCC1)C2. The van der Waals surface area contributed by atoms with Gasteiger partial charge < -0.3 is 14.7 Å². The molecule has 2 saturated heterocycles. The molecule has 1 saturated carbocycles. The molecule has 4 atom stereocenters. The van der Waals surface area contributed by atoms with Crippen LogP contribution in [0.5, 0.6) is 0 Å². The fourth-order valence-electron chi connectivity index (χ4n) is 5.43. The summed E-state index contributed by atoms with van der Waals surface area (Å²) in [5.41, 5.74) is -0.822. The van der Waals surface area contributed by atoms with E-state index in [2.05, 4.69) is 11.9 Å². The quantitative estimate of drug-likeness (QED) is 0.836. The first-order valence-corrected chi connectivity index (χ1v) is 10.3. The molecule has 0 aromatic heterocycles. The van der Waals surface area contributed by atoms with E-state index in [1.54, 1.807) is 0 Å².